The Morgan fingerprint density at radius 3 is 1.87 bits per heavy atom. The Hall–Kier alpha value is -2.03. The molecule has 0 aromatic carbocycles. The highest BCUT2D eigenvalue weighted by atomic mass is 19.1. The zero-order valence-electron chi connectivity index (χ0n) is 8.33. The second kappa shape index (κ2) is 5.65. The molecule has 0 unspecified atom stereocenters. The van der Waals surface area contributed by atoms with Crippen molar-refractivity contribution < 1.29 is 14.6 Å². The fraction of sp³-hybridized carbons (Fsp3) is 0. The second-order valence-electron chi connectivity index (χ2n) is 2.81. The summed E-state index contributed by atoms with van der Waals surface area (Å²) in [5.74, 6) is -1.68. The van der Waals surface area contributed by atoms with E-state index >= 15 is 0 Å². The van der Waals surface area contributed by atoms with Crippen LogP contribution in [0.2, 0.25) is 0 Å². The van der Waals surface area contributed by atoms with Crippen LogP contribution in [-0.2, 0) is 0 Å². The zero-order valence-corrected chi connectivity index (χ0v) is 8.33. The zero-order chi connectivity index (χ0) is 12.0. The van der Waals surface area contributed by atoms with Crippen LogP contribution >= 0.6 is 0 Å². The Bertz CT molecular complexity index is 373. The van der Waals surface area contributed by atoms with Crippen molar-refractivity contribution in [2.75, 3.05) is 0 Å². The smallest absolute Gasteiger partial charge is 0.164 e. The van der Waals surface area contributed by atoms with E-state index in [1.54, 1.807) is 0 Å². The predicted molar refractivity (Wildman–Crippen MR) is 60.1 cm³/mol. The van der Waals surface area contributed by atoms with E-state index in [1.807, 2.05) is 0 Å². The van der Waals surface area contributed by atoms with Crippen LogP contribution < -0.4 is 0 Å². The highest BCUT2D eigenvalue weighted by Crippen LogP contribution is 2.15. The highest BCUT2D eigenvalue weighted by Gasteiger charge is 2.00. The lowest BCUT2D eigenvalue weighted by atomic mass is 10.1. The molecule has 0 amide bonds. The Labute approximate surface area is 88.4 Å². The number of hydrogen-bond donors (Lipinski definition) is 2. The molecule has 0 bridgehead atoms. The number of hydrogen-bond acceptors (Lipinski definition) is 2. The molecule has 0 aliphatic heterocycles. The van der Waals surface area contributed by atoms with Crippen molar-refractivity contribution in [3.63, 3.8) is 0 Å². The molecule has 80 valence electrons. The van der Waals surface area contributed by atoms with Crippen molar-refractivity contribution in [2.45, 2.75) is 0 Å². The molecule has 0 saturated heterocycles. The summed E-state index contributed by atoms with van der Waals surface area (Å²) < 4.78 is 12.9. The minimum absolute atomic E-state index is 0.139. The monoisotopic (exact) mass is 208 g/mol. The molecule has 0 atom stereocenters. The molecular weight excluding hydrogens is 195 g/mol. The van der Waals surface area contributed by atoms with Crippen LogP contribution in [-0.4, -0.2) is 10.2 Å². The predicted octanol–water partition coefficient (Wildman–Crippen LogP) is 3.65. The van der Waals surface area contributed by atoms with Crippen molar-refractivity contribution in [1.82, 2.24) is 0 Å². The molecule has 0 aliphatic carbocycles. The van der Waals surface area contributed by atoms with Crippen LogP contribution in [0.5, 0.6) is 0 Å². The highest BCUT2D eigenvalue weighted by molar-refractivity contribution is 5.45. The number of rotatable bonds is 5. The summed E-state index contributed by atoms with van der Waals surface area (Å²) in [4.78, 5) is 0. The summed E-state index contributed by atoms with van der Waals surface area (Å²) >= 11 is 0. The van der Waals surface area contributed by atoms with Crippen LogP contribution in [0.1, 0.15) is 0 Å². The molecule has 0 fully saturated rings. The lowest BCUT2D eigenvalue weighted by Crippen LogP contribution is -1.84. The van der Waals surface area contributed by atoms with Crippen LogP contribution in [0.25, 0.3) is 0 Å². The SMILES string of the molecule is C=C(O)/C=C\C(=C)C(=C)/C=C(/F)C(=C)O. The standard InChI is InChI=1S/C12H13FO2/c1-8(5-6-10(3)14)9(2)7-12(13)11(4)15/h5-7,14-15H,1-4H2/b6-5-,12-7+. The van der Waals surface area contributed by atoms with Crippen LogP contribution in [0, 0.1) is 0 Å². The third-order valence-corrected chi connectivity index (χ3v) is 1.47. The van der Waals surface area contributed by atoms with E-state index in [-0.39, 0.29) is 11.3 Å². The maximum Gasteiger partial charge on any atom is 0.164 e. The minimum atomic E-state index is -0.877. The summed E-state index contributed by atoms with van der Waals surface area (Å²) in [5.41, 5.74) is 0.654. The van der Waals surface area contributed by atoms with Crippen molar-refractivity contribution >= 4 is 0 Å². The molecule has 2 N–H and O–H groups in total. The number of aliphatic hydroxyl groups is 2. The van der Waals surface area contributed by atoms with Crippen molar-refractivity contribution in [1.29, 1.82) is 0 Å². The summed E-state index contributed by atoms with van der Waals surface area (Å²) in [7, 11) is 0. The van der Waals surface area contributed by atoms with Gasteiger partial charge in [0.1, 0.15) is 11.5 Å². The van der Waals surface area contributed by atoms with E-state index in [0.717, 1.165) is 6.08 Å². The van der Waals surface area contributed by atoms with Crippen LogP contribution in [0.4, 0.5) is 4.39 Å². The molecule has 0 saturated carbocycles. The molecule has 0 heterocycles. The van der Waals surface area contributed by atoms with Gasteiger partial charge >= 0.3 is 0 Å². The summed E-state index contributed by atoms with van der Waals surface area (Å²) in [6.45, 7) is 13.3. The molecular formula is C12H13FO2. The van der Waals surface area contributed by atoms with E-state index in [2.05, 4.69) is 26.3 Å². The fourth-order valence-corrected chi connectivity index (χ4v) is 0.633. The van der Waals surface area contributed by atoms with Crippen molar-refractivity contribution in [2.24, 2.45) is 0 Å². The molecule has 0 spiro atoms. The average Bonchev–Trinajstić information content (AvgIpc) is 2.13. The molecule has 15 heavy (non-hydrogen) atoms. The maximum absolute atomic E-state index is 12.9. The van der Waals surface area contributed by atoms with Crippen molar-refractivity contribution in [3.8, 4) is 0 Å². The molecule has 0 aromatic rings. The van der Waals surface area contributed by atoms with E-state index < -0.39 is 11.6 Å². The fourth-order valence-electron chi connectivity index (χ4n) is 0.633. The van der Waals surface area contributed by atoms with Gasteiger partial charge in [-0.2, -0.15) is 0 Å². The van der Waals surface area contributed by atoms with Gasteiger partial charge in [-0.25, -0.2) is 4.39 Å². The van der Waals surface area contributed by atoms with Gasteiger partial charge in [0.15, 0.2) is 5.83 Å². The second-order valence-corrected chi connectivity index (χ2v) is 2.81. The van der Waals surface area contributed by atoms with Gasteiger partial charge < -0.3 is 10.2 Å². The largest absolute Gasteiger partial charge is 0.509 e. The quantitative estimate of drug-likeness (QED) is 0.534. The molecule has 3 heteroatoms. The Morgan fingerprint density at radius 2 is 1.47 bits per heavy atom. The maximum atomic E-state index is 12.9. The summed E-state index contributed by atoms with van der Waals surface area (Å²) in [5, 5.41) is 17.4. The first-order chi connectivity index (χ1) is 6.84. The van der Waals surface area contributed by atoms with Gasteiger partial charge in [-0.05, 0) is 23.3 Å². The Morgan fingerprint density at radius 1 is 0.933 bits per heavy atom. The topological polar surface area (TPSA) is 40.5 Å². The first kappa shape index (κ1) is 13.0. The van der Waals surface area contributed by atoms with Crippen LogP contribution in [0.15, 0.2) is 73.0 Å². The van der Waals surface area contributed by atoms with Gasteiger partial charge in [-0.3, -0.25) is 0 Å². The number of allylic oxidation sites excluding steroid dienone is 6. The Kier molecular flexibility index (Phi) is 4.88. The van der Waals surface area contributed by atoms with Gasteiger partial charge in [-0.15, -0.1) is 0 Å². The average molecular weight is 208 g/mol. The Balaban J connectivity index is 4.61. The van der Waals surface area contributed by atoms with Gasteiger partial charge in [0.05, 0.1) is 0 Å². The third-order valence-electron chi connectivity index (χ3n) is 1.47. The lowest BCUT2D eigenvalue weighted by molar-refractivity contribution is 0.392. The van der Waals surface area contributed by atoms with Crippen molar-refractivity contribution in [3.05, 3.63) is 73.0 Å². The van der Waals surface area contributed by atoms with E-state index in [1.165, 1.54) is 12.2 Å². The minimum Gasteiger partial charge on any atom is -0.509 e. The summed E-state index contributed by atoms with van der Waals surface area (Å²) in [6, 6.07) is 0. The van der Waals surface area contributed by atoms with E-state index in [0.29, 0.717) is 5.57 Å². The van der Waals surface area contributed by atoms with E-state index in [9.17, 15) is 4.39 Å². The van der Waals surface area contributed by atoms with Gasteiger partial charge in [-0.1, -0.05) is 32.4 Å². The molecule has 2 nitrogen and oxygen atoms in total. The van der Waals surface area contributed by atoms with Gasteiger partial charge in [0, 0.05) is 0 Å². The van der Waals surface area contributed by atoms with Gasteiger partial charge in [0.25, 0.3) is 0 Å². The normalized spacial score (nSPS) is 11.4. The molecule has 0 aromatic heterocycles. The first-order valence-corrected chi connectivity index (χ1v) is 4.04. The third kappa shape index (κ3) is 5.31. The molecule has 0 rings (SSSR count). The van der Waals surface area contributed by atoms with Gasteiger partial charge in [0.2, 0.25) is 0 Å². The molecule has 0 radical (unpaired) electrons. The number of halogens is 1. The van der Waals surface area contributed by atoms with Crippen LogP contribution in [0.3, 0.4) is 0 Å². The molecule has 0 aliphatic rings. The lowest BCUT2D eigenvalue weighted by Gasteiger charge is -1.99. The first-order valence-electron chi connectivity index (χ1n) is 4.04. The van der Waals surface area contributed by atoms with E-state index in [4.69, 9.17) is 10.2 Å². The number of aliphatic hydroxyl groups excluding tert-OH is 2. The summed E-state index contributed by atoms with van der Waals surface area (Å²) in [6.07, 6.45) is 3.72.